The maximum Gasteiger partial charge on any atom is 0.148 e. The van der Waals surface area contributed by atoms with Gasteiger partial charge < -0.3 is 0 Å². The minimum absolute atomic E-state index is 0.572. The molecule has 0 saturated heterocycles. The van der Waals surface area contributed by atoms with Crippen molar-refractivity contribution in [3.63, 3.8) is 0 Å². The summed E-state index contributed by atoms with van der Waals surface area (Å²) in [6.45, 7) is 3.69. The van der Waals surface area contributed by atoms with Gasteiger partial charge in [-0.25, -0.2) is 9.67 Å². The lowest BCUT2D eigenvalue weighted by Crippen LogP contribution is -2.02. The van der Waals surface area contributed by atoms with Gasteiger partial charge in [0.15, 0.2) is 0 Å². The minimum Gasteiger partial charge on any atom is -0.217 e. The molecule has 80 valence electrons. The number of aromatic nitrogens is 3. The molecule has 0 saturated carbocycles. The van der Waals surface area contributed by atoms with E-state index in [-0.39, 0.29) is 0 Å². The summed E-state index contributed by atoms with van der Waals surface area (Å²) >= 11 is 3.34. The molecule has 0 atom stereocenters. The molecule has 0 amide bonds. The van der Waals surface area contributed by atoms with E-state index in [1.807, 2.05) is 26.0 Å². The molecule has 0 radical (unpaired) electrons. The van der Waals surface area contributed by atoms with E-state index in [1.165, 1.54) is 0 Å². The summed E-state index contributed by atoms with van der Waals surface area (Å²) in [4.78, 5) is 4.22. The Morgan fingerprint density at radius 3 is 2.69 bits per heavy atom. The number of halogens is 1. The lowest BCUT2D eigenvalue weighted by atomic mass is 10.2. The van der Waals surface area contributed by atoms with Gasteiger partial charge in [-0.2, -0.15) is 10.4 Å². The third-order valence-electron chi connectivity index (χ3n) is 2.18. The van der Waals surface area contributed by atoms with Crippen molar-refractivity contribution >= 4 is 15.9 Å². The molecular formula is C11H9BrN4. The van der Waals surface area contributed by atoms with E-state index in [1.54, 1.807) is 10.7 Å². The number of aryl methyl sites for hydroxylation is 2. The molecule has 1 heterocycles. The molecule has 1 aromatic carbocycles. The zero-order valence-corrected chi connectivity index (χ0v) is 10.5. The molecule has 1 aromatic heterocycles. The van der Waals surface area contributed by atoms with E-state index in [0.29, 0.717) is 11.4 Å². The van der Waals surface area contributed by atoms with Gasteiger partial charge in [-0.05, 0) is 32.0 Å². The third kappa shape index (κ3) is 1.84. The Labute approximate surface area is 102 Å². The summed E-state index contributed by atoms with van der Waals surface area (Å²) in [6.07, 6.45) is 0. The Bertz CT molecular complexity index is 580. The van der Waals surface area contributed by atoms with Gasteiger partial charge >= 0.3 is 0 Å². The van der Waals surface area contributed by atoms with Crippen molar-refractivity contribution < 1.29 is 0 Å². The van der Waals surface area contributed by atoms with Crippen LogP contribution in [-0.4, -0.2) is 14.8 Å². The average molecular weight is 277 g/mol. The smallest absolute Gasteiger partial charge is 0.148 e. The number of nitrogens with zero attached hydrogens (tertiary/aromatic N) is 4. The van der Waals surface area contributed by atoms with E-state index in [9.17, 15) is 0 Å². The lowest BCUT2D eigenvalue weighted by Gasteiger charge is -2.05. The Morgan fingerprint density at radius 1 is 1.38 bits per heavy atom. The van der Waals surface area contributed by atoms with Crippen molar-refractivity contribution in [3.8, 4) is 11.8 Å². The van der Waals surface area contributed by atoms with E-state index in [0.717, 1.165) is 16.0 Å². The van der Waals surface area contributed by atoms with Crippen LogP contribution < -0.4 is 0 Å². The maximum atomic E-state index is 9.07. The first-order chi connectivity index (χ1) is 7.61. The molecule has 2 rings (SSSR count). The second kappa shape index (κ2) is 4.06. The fourth-order valence-electron chi connectivity index (χ4n) is 1.53. The summed E-state index contributed by atoms with van der Waals surface area (Å²) in [7, 11) is 0. The zero-order chi connectivity index (χ0) is 11.7. The standard InChI is InChI=1S/C11H9BrN4/c1-7-14-8(2)16(15-7)11-4-3-10(12)5-9(11)6-13/h3-5H,1-2H3. The Kier molecular flexibility index (Phi) is 2.75. The fourth-order valence-corrected chi connectivity index (χ4v) is 1.89. The first kappa shape index (κ1) is 10.8. The topological polar surface area (TPSA) is 54.5 Å². The summed E-state index contributed by atoms with van der Waals surface area (Å²) < 4.78 is 2.56. The van der Waals surface area contributed by atoms with Crippen LogP contribution in [-0.2, 0) is 0 Å². The van der Waals surface area contributed by atoms with Crippen LogP contribution in [0.1, 0.15) is 17.2 Å². The first-order valence-corrected chi connectivity index (χ1v) is 5.51. The van der Waals surface area contributed by atoms with Crippen LogP contribution in [0.2, 0.25) is 0 Å². The van der Waals surface area contributed by atoms with Gasteiger partial charge in [-0.1, -0.05) is 15.9 Å². The molecule has 2 aromatic rings. The minimum atomic E-state index is 0.572. The molecule has 16 heavy (non-hydrogen) atoms. The first-order valence-electron chi connectivity index (χ1n) is 4.72. The third-order valence-corrected chi connectivity index (χ3v) is 2.68. The highest BCUT2D eigenvalue weighted by atomic mass is 79.9. The Hall–Kier alpha value is -1.67. The van der Waals surface area contributed by atoms with Crippen molar-refractivity contribution in [2.75, 3.05) is 0 Å². The number of benzene rings is 1. The van der Waals surface area contributed by atoms with Crippen molar-refractivity contribution in [3.05, 3.63) is 39.9 Å². The molecule has 0 spiro atoms. The second-order valence-electron chi connectivity index (χ2n) is 3.39. The van der Waals surface area contributed by atoms with Gasteiger partial charge in [-0.15, -0.1) is 0 Å². The van der Waals surface area contributed by atoms with Gasteiger partial charge in [-0.3, -0.25) is 0 Å². The highest BCUT2D eigenvalue weighted by Gasteiger charge is 2.09. The predicted molar refractivity (Wildman–Crippen MR) is 63.2 cm³/mol. The monoisotopic (exact) mass is 276 g/mol. The van der Waals surface area contributed by atoms with Crippen LogP contribution in [0.5, 0.6) is 0 Å². The Balaban J connectivity index is 2.65. The predicted octanol–water partition coefficient (Wildman–Crippen LogP) is 2.52. The molecule has 0 aliphatic rings. The zero-order valence-electron chi connectivity index (χ0n) is 8.90. The molecule has 0 bridgehead atoms. The highest BCUT2D eigenvalue weighted by Crippen LogP contribution is 2.19. The maximum absolute atomic E-state index is 9.07. The van der Waals surface area contributed by atoms with Crippen molar-refractivity contribution in [2.45, 2.75) is 13.8 Å². The molecular weight excluding hydrogens is 268 g/mol. The summed E-state index contributed by atoms with van der Waals surface area (Å²) in [5.74, 6) is 1.47. The van der Waals surface area contributed by atoms with E-state index in [2.05, 4.69) is 32.1 Å². The fraction of sp³-hybridized carbons (Fsp3) is 0.182. The number of hydrogen-bond acceptors (Lipinski definition) is 3. The lowest BCUT2D eigenvalue weighted by molar-refractivity contribution is 0.828. The Morgan fingerprint density at radius 2 is 2.12 bits per heavy atom. The van der Waals surface area contributed by atoms with Gasteiger partial charge in [0.2, 0.25) is 0 Å². The van der Waals surface area contributed by atoms with Gasteiger partial charge in [0.1, 0.15) is 17.7 Å². The van der Waals surface area contributed by atoms with Crippen molar-refractivity contribution in [1.82, 2.24) is 14.8 Å². The van der Waals surface area contributed by atoms with Crippen LogP contribution in [0.3, 0.4) is 0 Å². The normalized spacial score (nSPS) is 10.1. The summed E-state index contributed by atoms with van der Waals surface area (Å²) in [5, 5.41) is 13.3. The molecule has 0 aliphatic carbocycles. The van der Waals surface area contributed by atoms with Gasteiger partial charge in [0, 0.05) is 4.47 Å². The summed E-state index contributed by atoms with van der Waals surface area (Å²) in [5.41, 5.74) is 1.33. The van der Waals surface area contributed by atoms with Crippen molar-refractivity contribution in [1.29, 1.82) is 5.26 Å². The van der Waals surface area contributed by atoms with Crippen LogP contribution in [0, 0.1) is 25.2 Å². The molecule has 0 N–H and O–H groups in total. The molecule has 4 nitrogen and oxygen atoms in total. The van der Waals surface area contributed by atoms with Crippen molar-refractivity contribution in [2.24, 2.45) is 0 Å². The summed E-state index contributed by atoms with van der Waals surface area (Å²) in [6, 6.07) is 7.65. The molecule has 0 aliphatic heterocycles. The van der Waals surface area contributed by atoms with Crippen LogP contribution in [0.15, 0.2) is 22.7 Å². The van der Waals surface area contributed by atoms with E-state index >= 15 is 0 Å². The SMILES string of the molecule is Cc1nc(C)n(-c2ccc(Br)cc2C#N)n1. The quantitative estimate of drug-likeness (QED) is 0.804. The number of rotatable bonds is 1. The van der Waals surface area contributed by atoms with Gasteiger partial charge in [0.25, 0.3) is 0 Å². The van der Waals surface area contributed by atoms with E-state index in [4.69, 9.17) is 5.26 Å². The van der Waals surface area contributed by atoms with Crippen LogP contribution >= 0.6 is 15.9 Å². The second-order valence-corrected chi connectivity index (χ2v) is 4.31. The van der Waals surface area contributed by atoms with Crippen LogP contribution in [0.25, 0.3) is 5.69 Å². The number of hydrogen-bond donors (Lipinski definition) is 0. The largest absolute Gasteiger partial charge is 0.217 e. The average Bonchev–Trinajstić information content (AvgIpc) is 2.57. The van der Waals surface area contributed by atoms with E-state index < -0.39 is 0 Å². The molecule has 5 heteroatoms. The van der Waals surface area contributed by atoms with Gasteiger partial charge in [0.05, 0.1) is 11.3 Å². The van der Waals surface area contributed by atoms with Crippen LogP contribution in [0.4, 0.5) is 0 Å². The molecule has 0 unspecified atom stereocenters. The molecule has 0 fully saturated rings. The highest BCUT2D eigenvalue weighted by molar-refractivity contribution is 9.10. The number of nitriles is 1.